The molecule has 0 spiro atoms. The number of carboxylic acid groups (broad SMARTS) is 1. The summed E-state index contributed by atoms with van der Waals surface area (Å²) in [6, 6.07) is 1.52. The van der Waals surface area contributed by atoms with E-state index in [0.29, 0.717) is 11.3 Å². The molecule has 0 saturated heterocycles. The second-order valence-corrected chi connectivity index (χ2v) is 3.26. The Kier molecular flexibility index (Phi) is 3.88. The van der Waals surface area contributed by atoms with Crippen LogP contribution in [0.1, 0.15) is 16.1 Å². The van der Waals surface area contributed by atoms with E-state index in [0.717, 1.165) is 0 Å². The van der Waals surface area contributed by atoms with E-state index in [1.165, 1.54) is 23.3 Å². The van der Waals surface area contributed by atoms with Gasteiger partial charge in [-0.3, -0.25) is 9.59 Å². The summed E-state index contributed by atoms with van der Waals surface area (Å²) >= 11 is 0. The van der Waals surface area contributed by atoms with Crippen molar-refractivity contribution in [3.8, 4) is 0 Å². The zero-order chi connectivity index (χ0) is 12.1. The third-order valence-electron chi connectivity index (χ3n) is 2.05. The van der Waals surface area contributed by atoms with Gasteiger partial charge in [-0.1, -0.05) is 6.08 Å². The number of hydrogen-bond donors (Lipinski definition) is 1. The van der Waals surface area contributed by atoms with Crippen molar-refractivity contribution in [3.05, 3.63) is 36.3 Å². The van der Waals surface area contributed by atoms with Crippen molar-refractivity contribution in [2.45, 2.75) is 6.92 Å². The number of amides is 1. The molecule has 5 nitrogen and oxygen atoms in total. The predicted octanol–water partition coefficient (Wildman–Crippen LogP) is 1.30. The molecular formula is C11H13NO4. The number of aryl methyl sites for hydroxylation is 1. The summed E-state index contributed by atoms with van der Waals surface area (Å²) in [5, 5.41) is 8.67. The smallest absolute Gasteiger partial charge is 0.323 e. The lowest BCUT2D eigenvalue weighted by Crippen LogP contribution is -2.35. The Morgan fingerprint density at radius 2 is 2.31 bits per heavy atom. The Balaban J connectivity index is 2.86. The summed E-state index contributed by atoms with van der Waals surface area (Å²) in [6.45, 7) is 4.98. The minimum absolute atomic E-state index is 0.190. The molecule has 1 N–H and O–H groups in total. The highest BCUT2D eigenvalue weighted by atomic mass is 16.4. The van der Waals surface area contributed by atoms with Crippen LogP contribution in [-0.4, -0.2) is 35.0 Å². The van der Waals surface area contributed by atoms with E-state index in [4.69, 9.17) is 9.52 Å². The highest BCUT2D eigenvalue weighted by Crippen LogP contribution is 2.11. The van der Waals surface area contributed by atoms with Crippen LogP contribution in [0.3, 0.4) is 0 Å². The molecule has 0 bridgehead atoms. The van der Waals surface area contributed by atoms with Gasteiger partial charge in [-0.05, 0) is 13.0 Å². The fourth-order valence-electron chi connectivity index (χ4n) is 1.32. The van der Waals surface area contributed by atoms with E-state index in [2.05, 4.69) is 6.58 Å². The van der Waals surface area contributed by atoms with Gasteiger partial charge in [0.2, 0.25) is 0 Å². The topological polar surface area (TPSA) is 70.8 Å². The summed E-state index contributed by atoms with van der Waals surface area (Å²) < 4.78 is 5.00. The van der Waals surface area contributed by atoms with Gasteiger partial charge in [-0.25, -0.2) is 0 Å². The Labute approximate surface area is 93.0 Å². The molecule has 1 heterocycles. The lowest BCUT2D eigenvalue weighted by atomic mass is 10.2. The normalized spacial score (nSPS) is 9.81. The fraction of sp³-hybridized carbons (Fsp3) is 0.273. The van der Waals surface area contributed by atoms with Crippen LogP contribution in [0.5, 0.6) is 0 Å². The van der Waals surface area contributed by atoms with E-state index in [1.807, 2.05) is 0 Å². The molecule has 86 valence electrons. The molecule has 1 amide bonds. The minimum atomic E-state index is -1.06. The van der Waals surface area contributed by atoms with E-state index in [9.17, 15) is 9.59 Å². The molecule has 0 aliphatic carbocycles. The molecule has 0 aromatic carbocycles. The van der Waals surface area contributed by atoms with Crippen molar-refractivity contribution in [1.82, 2.24) is 4.90 Å². The van der Waals surface area contributed by atoms with Crippen LogP contribution >= 0.6 is 0 Å². The first-order chi connectivity index (χ1) is 7.56. The number of carbonyl (C=O) groups is 2. The van der Waals surface area contributed by atoms with Gasteiger partial charge in [0.15, 0.2) is 0 Å². The number of nitrogens with zero attached hydrogens (tertiary/aromatic N) is 1. The molecule has 16 heavy (non-hydrogen) atoms. The Hall–Kier alpha value is -2.04. The maximum Gasteiger partial charge on any atom is 0.323 e. The third-order valence-corrected chi connectivity index (χ3v) is 2.05. The second-order valence-electron chi connectivity index (χ2n) is 3.26. The number of aliphatic carboxylic acids is 1. The molecule has 0 unspecified atom stereocenters. The highest BCUT2D eigenvalue weighted by Gasteiger charge is 2.20. The van der Waals surface area contributed by atoms with Crippen molar-refractivity contribution in [2.24, 2.45) is 0 Å². The van der Waals surface area contributed by atoms with Gasteiger partial charge < -0.3 is 14.4 Å². The summed E-state index contributed by atoms with van der Waals surface area (Å²) in [5.74, 6) is -0.950. The first-order valence-corrected chi connectivity index (χ1v) is 4.72. The Morgan fingerprint density at radius 3 is 2.75 bits per heavy atom. The molecule has 1 aromatic rings. The lowest BCUT2D eigenvalue weighted by molar-refractivity contribution is -0.137. The predicted molar refractivity (Wildman–Crippen MR) is 57.2 cm³/mol. The Morgan fingerprint density at radius 1 is 1.62 bits per heavy atom. The van der Waals surface area contributed by atoms with Gasteiger partial charge in [0.1, 0.15) is 12.3 Å². The van der Waals surface area contributed by atoms with Gasteiger partial charge in [0.05, 0.1) is 11.8 Å². The molecule has 0 aliphatic rings. The van der Waals surface area contributed by atoms with Gasteiger partial charge in [-0.15, -0.1) is 6.58 Å². The van der Waals surface area contributed by atoms with Crippen molar-refractivity contribution in [2.75, 3.05) is 13.1 Å². The zero-order valence-electron chi connectivity index (χ0n) is 8.97. The minimum Gasteiger partial charge on any atom is -0.480 e. The summed E-state index contributed by atoms with van der Waals surface area (Å²) in [4.78, 5) is 23.7. The van der Waals surface area contributed by atoms with Crippen molar-refractivity contribution >= 4 is 11.9 Å². The third kappa shape index (κ3) is 2.73. The molecule has 0 radical (unpaired) electrons. The number of rotatable bonds is 5. The number of carbonyl (C=O) groups excluding carboxylic acids is 1. The van der Waals surface area contributed by atoms with E-state index >= 15 is 0 Å². The monoisotopic (exact) mass is 223 g/mol. The number of furan rings is 1. The van der Waals surface area contributed by atoms with Crippen molar-refractivity contribution in [1.29, 1.82) is 0 Å². The maximum atomic E-state index is 11.9. The van der Waals surface area contributed by atoms with Crippen LogP contribution in [0.25, 0.3) is 0 Å². The van der Waals surface area contributed by atoms with E-state index in [-0.39, 0.29) is 19.0 Å². The average molecular weight is 223 g/mol. The SMILES string of the molecule is C=CCN(CC(=O)O)C(=O)c1ccoc1C. The van der Waals surface area contributed by atoms with Crippen LogP contribution in [-0.2, 0) is 4.79 Å². The zero-order valence-corrected chi connectivity index (χ0v) is 8.97. The van der Waals surface area contributed by atoms with Crippen LogP contribution in [0, 0.1) is 6.92 Å². The molecule has 1 aromatic heterocycles. The lowest BCUT2D eigenvalue weighted by Gasteiger charge is -2.18. The molecule has 0 aliphatic heterocycles. The van der Waals surface area contributed by atoms with Crippen LogP contribution in [0.4, 0.5) is 0 Å². The van der Waals surface area contributed by atoms with Crippen LogP contribution < -0.4 is 0 Å². The number of hydrogen-bond acceptors (Lipinski definition) is 3. The van der Waals surface area contributed by atoms with Gasteiger partial charge in [0.25, 0.3) is 5.91 Å². The Bertz CT molecular complexity index is 408. The molecular weight excluding hydrogens is 210 g/mol. The average Bonchev–Trinajstić information content (AvgIpc) is 2.62. The molecule has 1 rings (SSSR count). The molecule has 0 atom stereocenters. The van der Waals surface area contributed by atoms with Gasteiger partial charge in [0, 0.05) is 6.54 Å². The summed E-state index contributed by atoms with van der Waals surface area (Å²) in [7, 11) is 0. The van der Waals surface area contributed by atoms with Gasteiger partial charge in [-0.2, -0.15) is 0 Å². The molecule has 0 saturated carbocycles. The fourth-order valence-corrected chi connectivity index (χ4v) is 1.32. The summed E-state index contributed by atoms with van der Waals surface area (Å²) in [6.07, 6.45) is 2.88. The second kappa shape index (κ2) is 5.16. The highest BCUT2D eigenvalue weighted by molar-refractivity contribution is 5.96. The van der Waals surface area contributed by atoms with Crippen molar-refractivity contribution < 1.29 is 19.1 Å². The van der Waals surface area contributed by atoms with E-state index < -0.39 is 5.97 Å². The van der Waals surface area contributed by atoms with Crippen LogP contribution in [0.2, 0.25) is 0 Å². The largest absolute Gasteiger partial charge is 0.480 e. The maximum absolute atomic E-state index is 11.9. The van der Waals surface area contributed by atoms with Crippen molar-refractivity contribution in [3.63, 3.8) is 0 Å². The number of carboxylic acids is 1. The first kappa shape index (κ1) is 12.0. The molecule has 5 heteroatoms. The summed E-state index contributed by atoms with van der Waals surface area (Å²) in [5.41, 5.74) is 0.378. The van der Waals surface area contributed by atoms with Gasteiger partial charge >= 0.3 is 5.97 Å². The first-order valence-electron chi connectivity index (χ1n) is 4.72. The quantitative estimate of drug-likeness (QED) is 0.764. The van der Waals surface area contributed by atoms with E-state index in [1.54, 1.807) is 6.92 Å². The van der Waals surface area contributed by atoms with Crippen LogP contribution in [0.15, 0.2) is 29.4 Å². The molecule has 0 fully saturated rings. The standard InChI is InChI=1S/C11H13NO4/c1-3-5-12(7-10(13)14)11(15)9-4-6-16-8(9)2/h3-4,6H,1,5,7H2,2H3,(H,13,14).